The summed E-state index contributed by atoms with van der Waals surface area (Å²) in [6.07, 6.45) is 1.40. The zero-order chi connectivity index (χ0) is 30.2. The van der Waals surface area contributed by atoms with E-state index in [9.17, 15) is 18.8 Å². The summed E-state index contributed by atoms with van der Waals surface area (Å²) in [6.45, 7) is 0.184. The highest BCUT2D eigenvalue weighted by Crippen LogP contribution is 2.27. The number of nitrogens with one attached hydrogen (secondary N) is 3. The number of amides is 3. The molecule has 43 heavy (non-hydrogen) atoms. The zero-order valence-corrected chi connectivity index (χ0v) is 24.1. The molecule has 5 aromatic carbocycles. The molecule has 0 aliphatic rings. The third-order valence-corrected chi connectivity index (χ3v) is 6.85. The van der Waals surface area contributed by atoms with Gasteiger partial charge in [-0.1, -0.05) is 70.5 Å². The maximum absolute atomic E-state index is 13.3. The summed E-state index contributed by atoms with van der Waals surface area (Å²) in [6, 6.07) is 30.6. The lowest BCUT2D eigenvalue weighted by Crippen LogP contribution is -2.33. The Hall–Kier alpha value is -5.35. The van der Waals surface area contributed by atoms with E-state index in [4.69, 9.17) is 4.74 Å². The molecule has 0 radical (unpaired) electrons. The van der Waals surface area contributed by atoms with Gasteiger partial charge in [-0.15, -0.1) is 0 Å². The number of carbonyl (C=O) groups excluding carboxylic acids is 3. The van der Waals surface area contributed by atoms with Crippen LogP contribution in [0.25, 0.3) is 10.8 Å². The normalized spacial score (nSPS) is 10.8. The lowest BCUT2D eigenvalue weighted by Gasteiger charge is -2.12. The molecule has 0 saturated carbocycles. The van der Waals surface area contributed by atoms with E-state index in [1.54, 1.807) is 54.6 Å². The van der Waals surface area contributed by atoms with Crippen LogP contribution < -0.4 is 20.8 Å². The van der Waals surface area contributed by atoms with Crippen molar-refractivity contribution in [1.82, 2.24) is 5.43 Å². The van der Waals surface area contributed by atoms with Crippen molar-refractivity contribution in [3.05, 3.63) is 136 Å². The quantitative estimate of drug-likeness (QED) is 0.100. The van der Waals surface area contributed by atoms with Gasteiger partial charge in [0, 0.05) is 15.7 Å². The average Bonchev–Trinajstić information content (AvgIpc) is 3.02. The molecule has 0 bridgehead atoms. The number of carbonyl (C=O) groups is 3. The fourth-order valence-corrected chi connectivity index (χ4v) is 4.45. The van der Waals surface area contributed by atoms with Crippen LogP contribution in [0.3, 0.4) is 0 Å². The van der Waals surface area contributed by atoms with E-state index < -0.39 is 17.7 Å². The molecule has 0 saturated heterocycles. The van der Waals surface area contributed by atoms with Gasteiger partial charge in [-0.05, 0) is 70.9 Å². The van der Waals surface area contributed by atoms with Gasteiger partial charge in [-0.3, -0.25) is 14.4 Å². The topological polar surface area (TPSA) is 109 Å². The van der Waals surface area contributed by atoms with Crippen LogP contribution in [0.2, 0.25) is 0 Å². The van der Waals surface area contributed by atoms with Gasteiger partial charge >= 0.3 is 11.8 Å². The zero-order valence-electron chi connectivity index (χ0n) is 22.5. The highest BCUT2D eigenvalue weighted by molar-refractivity contribution is 9.10. The molecule has 3 amide bonds. The van der Waals surface area contributed by atoms with Gasteiger partial charge in [0.25, 0.3) is 5.91 Å². The monoisotopic (exact) mass is 638 g/mol. The van der Waals surface area contributed by atoms with Crippen LogP contribution in [0.5, 0.6) is 5.75 Å². The van der Waals surface area contributed by atoms with Crippen LogP contribution in [0.15, 0.2) is 119 Å². The average molecular weight is 639 g/mol. The minimum atomic E-state index is -1.03. The summed E-state index contributed by atoms with van der Waals surface area (Å²) in [7, 11) is 0. The Morgan fingerprint density at radius 1 is 0.791 bits per heavy atom. The molecule has 8 nitrogen and oxygen atoms in total. The number of halogens is 2. The minimum Gasteiger partial charge on any atom is -0.488 e. The van der Waals surface area contributed by atoms with E-state index in [2.05, 4.69) is 37.1 Å². The first-order valence-corrected chi connectivity index (χ1v) is 13.9. The number of nitrogens with zero attached hydrogens (tertiary/aromatic N) is 1. The number of fused-ring (bicyclic) bond motifs is 1. The summed E-state index contributed by atoms with van der Waals surface area (Å²) in [4.78, 5) is 38.2. The van der Waals surface area contributed by atoms with Crippen LogP contribution in [-0.2, 0) is 16.2 Å². The lowest BCUT2D eigenvalue weighted by molar-refractivity contribution is -0.136. The van der Waals surface area contributed by atoms with E-state index in [1.807, 2.05) is 30.3 Å². The number of hydrogen-bond acceptors (Lipinski definition) is 5. The largest absolute Gasteiger partial charge is 0.488 e. The van der Waals surface area contributed by atoms with Crippen molar-refractivity contribution in [2.75, 3.05) is 10.6 Å². The number of hydrazone groups is 1. The Morgan fingerprint density at radius 2 is 1.51 bits per heavy atom. The van der Waals surface area contributed by atoms with Crippen LogP contribution >= 0.6 is 15.9 Å². The van der Waals surface area contributed by atoms with E-state index in [-0.39, 0.29) is 23.7 Å². The van der Waals surface area contributed by atoms with Crippen molar-refractivity contribution in [3.63, 3.8) is 0 Å². The van der Waals surface area contributed by atoms with E-state index >= 15 is 0 Å². The molecule has 5 aromatic rings. The standard InChI is InChI=1S/C33H24BrFN4O4/c34-23-12-16-25(17-13-23)37-31(40)27-7-3-4-8-29(27)38-32(41)33(42)39-36-19-28-26-6-2-1-5-22(26)11-18-30(28)43-20-21-9-14-24(35)15-10-21/h1-19H,20H2,(H,37,40)(H,38,41)(H,39,42)/b36-19+. The lowest BCUT2D eigenvalue weighted by atomic mass is 10.0. The molecule has 0 aliphatic carbocycles. The summed E-state index contributed by atoms with van der Waals surface area (Å²) >= 11 is 3.35. The van der Waals surface area contributed by atoms with Gasteiger partial charge < -0.3 is 15.4 Å². The van der Waals surface area contributed by atoms with Crippen LogP contribution in [0, 0.1) is 5.82 Å². The molecule has 0 unspecified atom stereocenters. The molecule has 5 rings (SSSR count). The first kappa shape index (κ1) is 29.2. The molecule has 0 heterocycles. The number of para-hydroxylation sites is 1. The maximum Gasteiger partial charge on any atom is 0.329 e. The van der Waals surface area contributed by atoms with E-state index in [1.165, 1.54) is 30.5 Å². The second-order valence-corrected chi connectivity index (χ2v) is 10.2. The number of ether oxygens (including phenoxy) is 1. The Morgan fingerprint density at radius 3 is 2.30 bits per heavy atom. The molecule has 10 heteroatoms. The third kappa shape index (κ3) is 7.49. The number of rotatable bonds is 8. The first-order chi connectivity index (χ1) is 20.9. The highest BCUT2D eigenvalue weighted by atomic mass is 79.9. The fraction of sp³-hybridized carbons (Fsp3) is 0.0303. The summed E-state index contributed by atoms with van der Waals surface area (Å²) in [5.74, 6) is -2.35. The van der Waals surface area contributed by atoms with Crippen LogP contribution in [0.4, 0.5) is 15.8 Å². The Balaban J connectivity index is 1.27. The summed E-state index contributed by atoms with van der Waals surface area (Å²) in [5, 5.41) is 11.0. The Bertz CT molecular complexity index is 1830. The second-order valence-electron chi connectivity index (χ2n) is 9.27. The predicted octanol–water partition coefficient (Wildman–Crippen LogP) is 6.66. The summed E-state index contributed by atoms with van der Waals surface area (Å²) < 4.78 is 20.1. The van der Waals surface area contributed by atoms with Gasteiger partial charge in [-0.2, -0.15) is 5.10 Å². The number of hydrogen-bond donors (Lipinski definition) is 3. The van der Waals surface area contributed by atoms with Crippen molar-refractivity contribution >= 4 is 62.0 Å². The van der Waals surface area contributed by atoms with Crippen molar-refractivity contribution in [2.24, 2.45) is 5.10 Å². The number of anilines is 2. The predicted molar refractivity (Wildman–Crippen MR) is 168 cm³/mol. The molecule has 0 fully saturated rings. The molecular weight excluding hydrogens is 615 g/mol. The van der Waals surface area contributed by atoms with Crippen molar-refractivity contribution in [2.45, 2.75) is 6.61 Å². The molecule has 0 aliphatic heterocycles. The second kappa shape index (κ2) is 13.5. The highest BCUT2D eigenvalue weighted by Gasteiger charge is 2.18. The van der Waals surface area contributed by atoms with Crippen LogP contribution in [-0.4, -0.2) is 23.9 Å². The molecule has 214 valence electrons. The first-order valence-electron chi connectivity index (χ1n) is 13.1. The Kier molecular flexibility index (Phi) is 9.18. The van der Waals surface area contributed by atoms with Gasteiger partial charge in [0.1, 0.15) is 18.2 Å². The molecule has 0 atom stereocenters. The minimum absolute atomic E-state index is 0.159. The number of benzene rings is 5. The van der Waals surface area contributed by atoms with Crippen LogP contribution in [0.1, 0.15) is 21.5 Å². The SMILES string of the molecule is O=C(N/N=C/c1c(OCc2ccc(F)cc2)ccc2ccccc12)C(=O)Nc1ccccc1C(=O)Nc1ccc(Br)cc1. The molecule has 0 aromatic heterocycles. The van der Waals surface area contributed by atoms with E-state index in [0.717, 1.165) is 20.8 Å². The molecular formula is C33H24BrFN4O4. The van der Waals surface area contributed by atoms with Crippen molar-refractivity contribution < 1.29 is 23.5 Å². The smallest absolute Gasteiger partial charge is 0.329 e. The molecule has 0 spiro atoms. The van der Waals surface area contributed by atoms with Gasteiger partial charge in [0.15, 0.2) is 0 Å². The summed E-state index contributed by atoms with van der Waals surface area (Å²) in [5.41, 5.74) is 4.48. The van der Waals surface area contributed by atoms with Crippen molar-refractivity contribution in [1.29, 1.82) is 0 Å². The van der Waals surface area contributed by atoms with Crippen molar-refractivity contribution in [3.8, 4) is 5.75 Å². The van der Waals surface area contributed by atoms with Gasteiger partial charge in [0.05, 0.1) is 17.5 Å². The Labute approximate surface area is 254 Å². The van der Waals surface area contributed by atoms with Gasteiger partial charge in [0.2, 0.25) is 0 Å². The van der Waals surface area contributed by atoms with Gasteiger partial charge in [-0.25, -0.2) is 9.82 Å². The third-order valence-electron chi connectivity index (χ3n) is 6.33. The maximum atomic E-state index is 13.3. The molecule has 3 N–H and O–H groups in total. The fourth-order valence-electron chi connectivity index (χ4n) is 4.18. The van der Waals surface area contributed by atoms with E-state index in [0.29, 0.717) is 17.0 Å².